The number of hydrogen-bond donors (Lipinski definition) is 1. The summed E-state index contributed by atoms with van der Waals surface area (Å²) in [5.74, 6) is 1.33. The lowest BCUT2D eigenvalue weighted by Gasteiger charge is -1.98. The molecule has 6 heteroatoms. The molecule has 2 aromatic rings. The number of thioether (sulfide) groups is 1. The standard InChI is InChI=1S/C10H10ClN3OS/c11-8-3-1-2-7(4-8)6-16-10-14-13-9(5-12)15-10/h1-4H,5-6,12H2/p+1. The second kappa shape index (κ2) is 5.34. The third kappa shape index (κ3) is 2.98. The number of aromatic nitrogens is 2. The quantitative estimate of drug-likeness (QED) is 0.847. The first-order valence-electron chi connectivity index (χ1n) is 4.77. The van der Waals surface area contributed by atoms with E-state index in [0.29, 0.717) is 17.7 Å². The van der Waals surface area contributed by atoms with Gasteiger partial charge >= 0.3 is 0 Å². The molecule has 2 rings (SSSR count). The van der Waals surface area contributed by atoms with Gasteiger partial charge in [0.1, 0.15) is 0 Å². The highest BCUT2D eigenvalue weighted by atomic mass is 35.5. The van der Waals surface area contributed by atoms with Gasteiger partial charge in [0.05, 0.1) is 0 Å². The van der Waals surface area contributed by atoms with Crippen molar-refractivity contribution in [2.45, 2.75) is 17.5 Å². The van der Waals surface area contributed by atoms with Gasteiger partial charge in [0, 0.05) is 10.8 Å². The Morgan fingerprint density at radius 2 is 2.25 bits per heavy atom. The molecule has 1 heterocycles. The smallest absolute Gasteiger partial charge is 0.277 e. The minimum atomic E-state index is 0.519. The van der Waals surface area contributed by atoms with E-state index in [2.05, 4.69) is 15.9 Å². The van der Waals surface area contributed by atoms with Crippen LogP contribution < -0.4 is 5.73 Å². The minimum absolute atomic E-state index is 0.519. The number of rotatable bonds is 4. The number of nitrogens with zero attached hydrogens (tertiary/aromatic N) is 2. The molecular formula is C10H11ClN3OS+. The maximum Gasteiger partial charge on any atom is 0.277 e. The highest BCUT2D eigenvalue weighted by molar-refractivity contribution is 7.98. The Labute approximate surface area is 102 Å². The summed E-state index contributed by atoms with van der Waals surface area (Å²) >= 11 is 7.38. The van der Waals surface area contributed by atoms with Gasteiger partial charge in [-0.25, -0.2) is 0 Å². The Morgan fingerprint density at radius 3 is 2.94 bits per heavy atom. The third-order valence-electron chi connectivity index (χ3n) is 1.91. The van der Waals surface area contributed by atoms with E-state index in [4.69, 9.17) is 16.0 Å². The first-order chi connectivity index (χ1) is 7.78. The molecule has 84 valence electrons. The van der Waals surface area contributed by atoms with Gasteiger partial charge in [-0.2, -0.15) is 0 Å². The molecule has 0 aliphatic rings. The molecule has 0 amide bonds. The summed E-state index contributed by atoms with van der Waals surface area (Å²) in [4.78, 5) is 0. The normalized spacial score (nSPS) is 10.6. The Morgan fingerprint density at radius 1 is 1.38 bits per heavy atom. The van der Waals surface area contributed by atoms with E-state index < -0.39 is 0 Å². The van der Waals surface area contributed by atoms with Crippen LogP contribution in [0.15, 0.2) is 33.9 Å². The molecule has 0 bridgehead atoms. The van der Waals surface area contributed by atoms with Crippen molar-refractivity contribution in [3.8, 4) is 0 Å². The molecule has 0 atom stereocenters. The molecule has 0 fully saturated rings. The van der Waals surface area contributed by atoms with Crippen LogP contribution in [0.25, 0.3) is 0 Å². The second-order valence-corrected chi connectivity index (χ2v) is 4.49. The molecule has 16 heavy (non-hydrogen) atoms. The molecule has 3 N–H and O–H groups in total. The summed E-state index contributed by atoms with van der Waals surface area (Å²) in [6.07, 6.45) is 0. The van der Waals surface area contributed by atoms with Gasteiger partial charge in [-0.05, 0) is 17.7 Å². The fourth-order valence-corrected chi connectivity index (χ4v) is 2.11. The van der Waals surface area contributed by atoms with Crippen LogP contribution in [-0.4, -0.2) is 10.2 Å². The lowest BCUT2D eigenvalue weighted by atomic mass is 10.2. The second-order valence-electron chi connectivity index (χ2n) is 3.13. The van der Waals surface area contributed by atoms with E-state index >= 15 is 0 Å². The van der Waals surface area contributed by atoms with Crippen molar-refractivity contribution in [2.75, 3.05) is 0 Å². The zero-order chi connectivity index (χ0) is 11.4. The highest BCUT2D eigenvalue weighted by Gasteiger charge is 2.06. The van der Waals surface area contributed by atoms with Crippen molar-refractivity contribution in [3.63, 3.8) is 0 Å². The van der Waals surface area contributed by atoms with Gasteiger partial charge in [-0.1, -0.05) is 35.5 Å². The van der Waals surface area contributed by atoms with E-state index in [1.807, 2.05) is 24.3 Å². The topological polar surface area (TPSA) is 66.6 Å². The van der Waals surface area contributed by atoms with E-state index in [1.165, 1.54) is 11.8 Å². The maximum absolute atomic E-state index is 5.88. The van der Waals surface area contributed by atoms with Crippen molar-refractivity contribution in [3.05, 3.63) is 40.7 Å². The number of quaternary nitrogens is 1. The maximum atomic E-state index is 5.88. The summed E-state index contributed by atoms with van der Waals surface area (Å²) < 4.78 is 5.33. The fourth-order valence-electron chi connectivity index (χ4n) is 1.17. The van der Waals surface area contributed by atoms with Crippen molar-refractivity contribution >= 4 is 23.4 Å². The highest BCUT2D eigenvalue weighted by Crippen LogP contribution is 2.22. The number of hydrogen-bond acceptors (Lipinski definition) is 4. The van der Waals surface area contributed by atoms with Crippen LogP contribution in [0.1, 0.15) is 11.5 Å². The zero-order valence-corrected chi connectivity index (χ0v) is 10.1. The Bertz CT molecular complexity index is 475. The third-order valence-corrected chi connectivity index (χ3v) is 3.04. The van der Waals surface area contributed by atoms with Gasteiger partial charge in [0.25, 0.3) is 11.1 Å². The predicted octanol–water partition coefficient (Wildman–Crippen LogP) is 1.76. The van der Waals surface area contributed by atoms with Crippen LogP contribution in [0.5, 0.6) is 0 Å². The molecule has 4 nitrogen and oxygen atoms in total. The van der Waals surface area contributed by atoms with Gasteiger partial charge < -0.3 is 10.2 Å². The SMILES string of the molecule is [NH3+]Cc1nnc(SCc2cccc(Cl)c2)o1. The molecular weight excluding hydrogens is 246 g/mol. The van der Waals surface area contributed by atoms with E-state index in [-0.39, 0.29) is 0 Å². The molecule has 0 aliphatic heterocycles. The first-order valence-corrected chi connectivity index (χ1v) is 6.13. The number of benzene rings is 1. The van der Waals surface area contributed by atoms with Gasteiger partial charge in [0.2, 0.25) is 0 Å². The van der Waals surface area contributed by atoms with Crippen LogP contribution in [0.4, 0.5) is 0 Å². The van der Waals surface area contributed by atoms with Gasteiger partial charge in [-0.3, -0.25) is 0 Å². The molecule has 1 aromatic carbocycles. The largest absolute Gasteiger partial charge is 0.410 e. The number of halogens is 1. The van der Waals surface area contributed by atoms with Crippen molar-refractivity contribution < 1.29 is 10.2 Å². The molecule has 0 radical (unpaired) electrons. The lowest BCUT2D eigenvalue weighted by Crippen LogP contribution is -2.47. The minimum Gasteiger partial charge on any atom is -0.410 e. The Hall–Kier alpha value is -1.04. The predicted molar refractivity (Wildman–Crippen MR) is 61.9 cm³/mol. The molecule has 0 unspecified atom stereocenters. The van der Waals surface area contributed by atoms with E-state index in [1.54, 1.807) is 0 Å². The van der Waals surface area contributed by atoms with Crippen LogP contribution in [-0.2, 0) is 12.3 Å². The van der Waals surface area contributed by atoms with Crippen molar-refractivity contribution in [1.29, 1.82) is 0 Å². The van der Waals surface area contributed by atoms with E-state index in [0.717, 1.165) is 16.3 Å². The lowest BCUT2D eigenvalue weighted by molar-refractivity contribution is -0.391. The summed E-state index contributed by atoms with van der Waals surface area (Å²) in [5.41, 5.74) is 4.81. The van der Waals surface area contributed by atoms with Crippen molar-refractivity contribution in [2.24, 2.45) is 0 Å². The average Bonchev–Trinajstić information content (AvgIpc) is 2.74. The van der Waals surface area contributed by atoms with Crippen LogP contribution in [0, 0.1) is 0 Å². The van der Waals surface area contributed by atoms with E-state index in [9.17, 15) is 0 Å². The Balaban J connectivity index is 1.96. The molecule has 0 saturated heterocycles. The van der Waals surface area contributed by atoms with Crippen LogP contribution in [0.3, 0.4) is 0 Å². The zero-order valence-electron chi connectivity index (χ0n) is 8.52. The summed E-state index contributed by atoms with van der Waals surface area (Å²) in [5, 5.41) is 9.04. The van der Waals surface area contributed by atoms with Gasteiger partial charge in [0.15, 0.2) is 6.54 Å². The fraction of sp³-hybridized carbons (Fsp3) is 0.200. The van der Waals surface area contributed by atoms with Gasteiger partial charge in [-0.15, -0.1) is 10.2 Å². The summed E-state index contributed by atoms with van der Waals surface area (Å²) in [6.45, 7) is 0.519. The monoisotopic (exact) mass is 256 g/mol. The first kappa shape index (κ1) is 11.4. The average molecular weight is 257 g/mol. The molecule has 0 aliphatic carbocycles. The Kier molecular flexibility index (Phi) is 3.82. The summed E-state index contributed by atoms with van der Waals surface area (Å²) in [6, 6.07) is 7.71. The molecule has 0 saturated carbocycles. The van der Waals surface area contributed by atoms with Crippen molar-refractivity contribution in [1.82, 2.24) is 10.2 Å². The van der Waals surface area contributed by atoms with Crippen LogP contribution >= 0.6 is 23.4 Å². The molecule has 1 aromatic heterocycles. The molecule has 0 spiro atoms. The van der Waals surface area contributed by atoms with Crippen LogP contribution in [0.2, 0.25) is 5.02 Å². The summed E-state index contributed by atoms with van der Waals surface area (Å²) in [7, 11) is 0.